The van der Waals surface area contributed by atoms with E-state index in [2.05, 4.69) is 10.2 Å². The van der Waals surface area contributed by atoms with E-state index >= 15 is 0 Å². The zero-order valence-corrected chi connectivity index (χ0v) is 18.5. The second kappa shape index (κ2) is 9.10. The number of para-hydroxylation sites is 2. The monoisotopic (exact) mass is 434 g/mol. The largest absolute Gasteiger partial charge is 0.497 e. The molecule has 32 heavy (non-hydrogen) atoms. The fourth-order valence-electron chi connectivity index (χ4n) is 4.70. The Kier molecular flexibility index (Phi) is 5.88. The molecule has 168 valence electrons. The number of nitrogens with one attached hydrogen (secondary N) is 1. The first-order valence-electron chi connectivity index (χ1n) is 11.6. The lowest BCUT2D eigenvalue weighted by molar-refractivity contribution is 0.164. The number of rotatable bonds is 2. The number of ether oxygens (including phenoxy) is 2. The van der Waals surface area contributed by atoms with Crippen LogP contribution in [0.2, 0.25) is 0 Å². The number of nitrogens with zero attached hydrogens (tertiary/aromatic N) is 3. The average Bonchev–Trinajstić information content (AvgIpc) is 3.01. The summed E-state index contributed by atoms with van der Waals surface area (Å²) in [6, 6.07) is 14.0. The molecule has 0 bridgehead atoms. The number of carbonyl (C=O) groups is 1. The topological polar surface area (TPSA) is 66.4 Å². The predicted molar refractivity (Wildman–Crippen MR) is 124 cm³/mol. The zero-order valence-electron chi connectivity index (χ0n) is 18.5. The van der Waals surface area contributed by atoms with Crippen LogP contribution >= 0.6 is 0 Å². The molecule has 0 radical (unpaired) electrons. The molecule has 2 aromatic rings. The number of piperazine rings is 1. The standard InChI is InChI=1S/C25H30N4O3/c1-31-19-11-12-20-23(17-19)32-22-10-6-5-9-21(22)27-24(20)28-13-15-29(16-14-28)25(30)26-18-7-3-2-4-8-18/h5-6,9-12,17-18H,2-4,7-8,13-16H2,1H3,(H,26,30). The number of amides is 2. The van der Waals surface area contributed by atoms with E-state index in [1.807, 2.05) is 47.4 Å². The number of hydrogen-bond donors (Lipinski definition) is 1. The van der Waals surface area contributed by atoms with E-state index < -0.39 is 0 Å². The third-order valence-electron chi connectivity index (χ3n) is 6.54. The van der Waals surface area contributed by atoms with Crippen LogP contribution in [0.4, 0.5) is 10.5 Å². The van der Waals surface area contributed by atoms with Gasteiger partial charge in [-0.15, -0.1) is 0 Å². The van der Waals surface area contributed by atoms with Crippen LogP contribution in [0, 0.1) is 0 Å². The molecule has 0 unspecified atom stereocenters. The van der Waals surface area contributed by atoms with E-state index in [9.17, 15) is 4.79 Å². The first kappa shape index (κ1) is 20.7. The fraction of sp³-hybridized carbons (Fsp3) is 0.440. The highest BCUT2D eigenvalue weighted by Gasteiger charge is 2.28. The van der Waals surface area contributed by atoms with Gasteiger partial charge in [0.15, 0.2) is 5.75 Å². The second-order valence-electron chi connectivity index (χ2n) is 8.63. The maximum Gasteiger partial charge on any atom is 0.317 e. The minimum absolute atomic E-state index is 0.0678. The predicted octanol–water partition coefficient (Wildman–Crippen LogP) is 4.54. The van der Waals surface area contributed by atoms with Crippen LogP contribution in [-0.4, -0.2) is 61.0 Å². The molecule has 3 aliphatic rings. The molecule has 0 spiro atoms. The van der Waals surface area contributed by atoms with Crippen LogP contribution in [0.5, 0.6) is 17.2 Å². The summed E-state index contributed by atoms with van der Waals surface area (Å²) in [4.78, 5) is 21.9. The molecular weight excluding hydrogens is 404 g/mol. The molecule has 1 saturated heterocycles. The molecule has 2 aliphatic heterocycles. The SMILES string of the molecule is COc1ccc2c(c1)Oc1ccccc1N=C2N1CCN(C(=O)NC2CCCCC2)CC1. The van der Waals surface area contributed by atoms with Crippen molar-refractivity contribution in [3.8, 4) is 17.2 Å². The summed E-state index contributed by atoms with van der Waals surface area (Å²) in [6.07, 6.45) is 5.91. The van der Waals surface area contributed by atoms with Gasteiger partial charge in [-0.2, -0.15) is 0 Å². The Hall–Kier alpha value is -3.22. The average molecular weight is 435 g/mol. The van der Waals surface area contributed by atoms with Crippen molar-refractivity contribution in [2.24, 2.45) is 4.99 Å². The Labute approximate surface area is 189 Å². The van der Waals surface area contributed by atoms with Crippen LogP contribution in [0.1, 0.15) is 37.7 Å². The maximum atomic E-state index is 12.8. The molecule has 2 aromatic carbocycles. The number of aliphatic imine (C=N–C) groups is 1. The van der Waals surface area contributed by atoms with Crippen molar-refractivity contribution in [1.29, 1.82) is 0 Å². The van der Waals surface area contributed by atoms with Crippen LogP contribution < -0.4 is 14.8 Å². The van der Waals surface area contributed by atoms with Gasteiger partial charge in [-0.1, -0.05) is 31.4 Å². The van der Waals surface area contributed by atoms with Gasteiger partial charge in [0.1, 0.15) is 23.0 Å². The van der Waals surface area contributed by atoms with Crippen LogP contribution in [0.15, 0.2) is 47.5 Å². The Morgan fingerprint density at radius 3 is 2.59 bits per heavy atom. The lowest BCUT2D eigenvalue weighted by Crippen LogP contribution is -2.54. The summed E-state index contributed by atoms with van der Waals surface area (Å²) in [7, 11) is 1.65. The van der Waals surface area contributed by atoms with Crippen molar-refractivity contribution >= 4 is 17.6 Å². The molecule has 0 aromatic heterocycles. The molecule has 5 rings (SSSR count). The Morgan fingerprint density at radius 1 is 1.03 bits per heavy atom. The summed E-state index contributed by atoms with van der Waals surface area (Å²) >= 11 is 0. The van der Waals surface area contributed by atoms with Gasteiger partial charge in [0.25, 0.3) is 0 Å². The maximum absolute atomic E-state index is 12.8. The second-order valence-corrected chi connectivity index (χ2v) is 8.63. The van der Waals surface area contributed by atoms with Crippen LogP contribution in [0.3, 0.4) is 0 Å². The van der Waals surface area contributed by atoms with Gasteiger partial charge >= 0.3 is 6.03 Å². The number of methoxy groups -OCH3 is 1. The normalized spacial score (nSPS) is 18.6. The third kappa shape index (κ3) is 4.24. The number of amidine groups is 1. The number of carbonyl (C=O) groups excluding carboxylic acids is 1. The van der Waals surface area contributed by atoms with Crippen molar-refractivity contribution in [2.75, 3.05) is 33.3 Å². The molecule has 2 amide bonds. The van der Waals surface area contributed by atoms with E-state index in [-0.39, 0.29) is 6.03 Å². The number of fused-ring (bicyclic) bond motifs is 2. The van der Waals surface area contributed by atoms with Gasteiger partial charge in [0.05, 0.1) is 12.7 Å². The van der Waals surface area contributed by atoms with Crippen LogP contribution in [-0.2, 0) is 0 Å². The first-order valence-corrected chi connectivity index (χ1v) is 11.6. The molecule has 1 N–H and O–H groups in total. The highest BCUT2D eigenvalue weighted by molar-refractivity contribution is 6.04. The molecular formula is C25H30N4O3. The van der Waals surface area contributed by atoms with Gasteiger partial charge in [0, 0.05) is 38.3 Å². The summed E-state index contributed by atoms with van der Waals surface area (Å²) in [5, 5.41) is 3.24. The molecule has 1 saturated carbocycles. The van der Waals surface area contributed by atoms with E-state index in [4.69, 9.17) is 14.5 Å². The molecule has 2 heterocycles. The molecule has 7 nitrogen and oxygen atoms in total. The highest BCUT2D eigenvalue weighted by atomic mass is 16.5. The van der Waals surface area contributed by atoms with Crippen LogP contribution in [0.25, 0.3) is 0 Å². The Bertz CT molecular complexity index is 1010. The van der Waals surface area contributed by atoms with E-state index in [1.54, 1.807) is 7.11 Å². The fourth-order valence-corrected chi connectivity index (χ4v) is 4.70. The first-order chi connectivity index (χ1) is 15.7. The summed E-state index contributed by atoms with van der Waals surface area (Å²) in [5.41, 5.74) is 1.73. The van der Waals surface area contributed by atoms with Crippen molar-refractivity contribution in [3.63, 3.8) is 0 Å². The molecule has 2 fully saturated rings. The van der Waals surface area contributed by atoms with Crippen molar-refractivity contribution in [1.82, 2.24) is 15.1 Å². The quantitative estimate of drug-likeness (QED) is 0.754. The molecule has 1 aliphatic carbocycles. The van der Waals surface area contributed by atoms with Gasteiger partial charge in [-0.3, -0.25) is 0 Å². The third-order valence-corrected chi connectivity index (χ3v) is 6.54. The lowest BCUT2D eigenvalue weighted by Gasteiger charge is -2.37. The van der Waals surface area contributed by atoms with Crippen molar-refractivity contribution in [2.45, 2.75) is 38.1 Å². The van der Waals surface area contributed by atoms with Gasteiger partial charge in [-0.05, 0) is 37.1 Å². The zero-order chi connectivity index (χ0) is 21.9. The number of benzene rings is 2. The number of urea groups is 1. The van der Waals surface area contributed by atoms with E-state index in [1.165, 1.54) is 19.3 Å². The van der Waals surface area contributed by atoms with Gasteiger partial charge in [0.2, 0.25) is 0 Å². The summed E-state index contributed by atoms with van der Waals surface area (Å²) in [6.45, 7) is 2.80. The Morgan fingerprint density at radius 2 is 1.81 bits per heavy atom. The number of hydrogen-bond acceptors (Lipinski definition) is 5. The van der Waals surface area contributed by atoms with Gasteiger partial charge < -0.3 is 24.6 Å². The van der Waals surface area contributed by atoms with E-state index in [0.717, 1.165) is 60.3 Å². The van der Waals surface area contributed by atoms with Gasteiger partial charge in [-0.25, -0.2) is 9.79 Å². The van der Waals surface area contributed by atoms with Crippen molar-refractivity contribution in [3.05, 3.63) is 48.0 Å². The van der Waals surface area contributed by atoms with Crippen molar-refractivity contribution < 1.29 is 14.3 Å². The van der Waals surface area contributed by atoms with E-state index in [0.29, 0.717) is 19.1 Å². The smallest absolute Gasteiger partial charge is 0.317 e. The lowest BCUT2D eigenvalue weighted by atomic mass is 9.96. The highest BCUT2D eigenvalue weighted by Crippen LogP contribution is 2.39. The summed E-state index contributed by atoms with van der Waals surface area (Å²) in [5.74, 6) is 3.07. The Balaban J connectivity index is 1.34. The minimum atomic E-state index is 0.0678. The molecule has 0 atom stereocenters. The molecule has 7 heteroatoms. The minimum Gasteiger partial charge on any atom is -0.497 e. The summed E-state index contributed by atoms with van der Waals surface area (Å²) < 4.78 is 11.6.